The lowest BCUT2D eigenvalue weighted by molar-refractivity contribution is 0.0986. The van der Waals surface area contributed by atoms with Gasteiger partial charge in [-0.1, -0.05) is 12.1 Å². The zero-order valence-corrected chi connectivity index (χ0v) is 7.41. The Morgan fingerprint density at radius 1 is 1.46 bits per heavy atom. The molecule has 0 amide bonds. The van der Waals surface area contributed by atoms with E-state index in [4.69, 9.17) is 16.0 Å². The van der Waals surface area contributed by atoms with Crippen LogP contribution in [-0.2, 0) is 0 Å². The molecule has 66 valence electrons. The van der Waals surface area contributed by atoms with Gasteiger partial charge in [-0.2, -0.15) is 0 Å². The monoisotopic (exact) mass is 195 g/mol. The second-order valence-electron chi connectivity index (χ2n) is 2.54. The van der Waals surface area contributed by atoms with E-state index >= 15 is 0 Å². The van der Waals surface area contributed by atoms with Gasteiger partial charge in [-0.05, 0) is 12.1 Å². The van der Waals surface area contributed by atoms with Gasteiger partial charge >= 0.3 is 0 Å². The molecule has 0 atom stereocenters. The zero-order valence-electron chi connectivity index (χ0n) is 6.66. The van der Waals surface area contributed by atoms with Crippen molar-refractivity contribution in [2.24, 2.45) is 0 Å². The largest absolute Gasteiger partial charge is 0.434 e. The molecule has 0 fully saturated rings. The maximum Gasteiger partial charge on any atom is 0.265 e. The minimum Gasteiger partial charge on any atom is -0.434 e. The van der Waals surface area contributed by atoms with Crippen molar-refractivity contribution in [1.82, 2.24) is 4.98 Å². The summed E-state index contributed by atoms with van der Waals surface area (Å²) in [6.45, 7) is 0. The number of ketones is 1. The summed E-state index contributed by atoms with van der Waals surface area (Å²) in [5.41, 5.74) is 1.28. The summed E-state index contributed by atoms with van der Waals surface area (Å²) in [5.74, 6) is -0.318. The van der Waals surface area contributed by atoms with E-state index in [2.05, 4.69) is 4.98 Å². The molecule has 0 saturated carbocycles. The number of aromatic nitrogens is 1. The summed E-state index contributed by atoms with van der Waals surface area (Å²) in [6.07, 6.45) is 0. The lowest BCUT2D eigenvalue weighted by Gasteiger charge is -1.84. The van der Waals surface area contributed by atoms with Gasteiger partial charge < -0.3 is 4.42 Å². The van der Waals surface area contributed by atoms with Crippen LogP contribution in [-0.4, -0.2) is 16.6 Å². The van der Waals surface area contributed by atoms with Crippen LogP contribution in [0.3, 0.4) is 0 Å². The first-order valence-corrected chi connectivity index (χ1v) is 4.29. The Kier molecular flexibility index (Phi) is 2.02. The Balaban J connectivity index is 2.56. The van der Waals surface area contributed by atoms with Crippen LogP contribution in [0.2, 0.25) is 0 Å². The molecule has 1 aromatic carbocycles. The minimum atomic E-state index is -0.294. The Labute approximate surface area is 79.3 Å². The third kappa shape index (κ3) is 1.42. The normalized spacial score (nSPS) is 10.5. The summed E-state index contributed by atoms with van der Waals surface area (Å²) >= 11 is 5.36. The summed E-state index contributed by atoms with van der Waals surface area (Å²) in [6, 6.07) is 7.19. The fraction of sp³-hybridized carbons (Fsp3) is 0.111. The molecule has 0 saturated heterocycles. The third-order valence-electron chi connectivity index (χ3n) is 1.65. The van der Waals surface area contributed by atoms with Crippen LogP contribution in [0.25, 0.3) is 11.1 Å². The number of carbonyl (C=O) groups excluding carboxylic acids is 1. The number of carbonyl (C=O) groups is 1. The van der Waals surface area contributed by atoms with Crippen molar-refractivity contribution in [2.75, 3.05) is 5.88 Å². The maximum absolute atomic E-state index is 11.1. The van der Waals surface area contributed by atoms with Crippen molar-refractivity contribution in [2.45, 2.75) is 0 Å². The number of nitrogens with zero attached hydrogens (tertiary/aromatic N) is 1. The molecule has 3 nitrogen and oxygen atoms in total. The Bertz CT molecular complexity index is 417. The smallest absolute Gasteiger partial charge is 0.265 e. The Morgan fingerprint density at radius 2 is 2.23 bits per heavy atom. The first-order valence-electron chi connectivity index (χ1n) is 3.76. The van der Waals surface area contributed by atoms with Crippen LogP contribution >= 0.6 is 11.6 Å². The average Bonchev–Trinajstić information content (AvgIpc) is 2.59. The SMILES string of the molecule is O=C(CCl)c1nc2ccccc2o1. The molecule has 0 aliphatic rings. The van der Waals surface area contributed by atoms with Crippen molar-refractivity contribution in [3.05, 3.63) is 30.2 Å². The molecule has 0 unspecified atom stereocenters. The Morgan fingerprint density at radius 3 is 2.92 bits per heavy atom. The maximum atomic E-state index is 11.1. The number of oxazole rings is 1. The summed E-state index contributed by atoms with van der Waals surface area (Å²) in [5, 5.41) is 0. The summed E-state index contributed by atoms with van der Waals surface area (Å²) < 4.78 is 5.18. The predicted molar refractivity (Wildman–Crippen MR) is 49.1 cm³/mol. The van der Waals surface area contributed by atoms with Crippen molar-refractivity contribution in [3.63, 3.8) is 0 Å². The van der Waals surface area contributed by atoms with Gasteiger partial charge in [-0.25, -0.2) is 4.98 Å². The molecular weight excluding hydrogens is 190 g/mol. The van der Waals surface area contributed by atoms with Crippen LogP contribution in [0.1, 0.15) is 10.7 Å². The molecule has 2 rings (SSSR count). The highest BCUT2D eigenvalue weighted by atomic mass is 35.5. The highest BCUT2D eigenvalue weighted by molar-refractivity contribution is 6.29. The number of benzene rings is 1. The molecule has 0 aliphatic heterocycles. The highest BCUT2D eigenvalue weighted by Gasteiger charge is 2.11. The van der Waals surface area contributed by atoms with Gasteiger partial charge in [0.2, 0.25) is 5.78 Å². The number of alkyl halides is 1. The number of rotatable bonds is 2. The molecule has 4 heteroatoms. The summed E-state index contributed by atoms with van der Waals surface area (Å²) in [4.78, 5) is 15.1. The van der Waals surface area contributed by atoms with E-state index in [9.17, 15) is 4.79 Å². The zero-order chi connectivity index (χ0) is 9.26. The molecule has 0 aliphatic carbocycles. The number of fused-ring (bicyclic) bond motifs is 1. The van der Waals surface area contributed by atoms with Gasteiger partial charge in [0.15, 0.2) is 5.58 Å². The standard InChI is InChI=1S/C9H6ClNO2/c10-5-7(12)9-11-6-3-1-2-4-8(6)13-9/h1-4H,5H2. The van der Waals surface area contributed by atoms with Crippen LogP contribution in [0, 0.1) is 0 Å². The van der Waals surface area contributed by atoms with Crippen LogP contribution in [0.15, 0.2) is 28.7 Å². The molecule has 1 heterocycles. The fourth-order valence-corrected chi connectivity index (χ4v) is 1.16. The van der Waals surface area contributed by atoms with E-state index in [0.717, 1.165) is 0 Å². The van der Waals surface area contributed by atoms with E-state index < -0.39 is 0 Å². The number of para-hydroxylation sites is 2. The molecule has 0 N–H and O–H groups in total. The second-order valence-corrected chi connectivity index (χ2v) is 2.81. The molecule has 1 aromatic heterocycles. The first-order chi connectivity index (χ1) is 6.31. The predicted octanol–water partition coefficient (Wildman–Crippen LogP) is 2.25. The first kappa shape index (κ1) is 8.26. The van der Waals surface area contributed by atoms with Gasteiger partial charge in [-0.3, -0.25) is 4.79 Å². The van der Waals surface area contributed by atoms with Gasteiger partial charge in [0.25, 0.3) is 5.89 Å². The van der Waals surface area contributed by atoms with Crippen molar-refractivity contribution in [1.29, 1.82) is 0 Å². The topological polar surface area (TPSA) is 43.1 Å². The lowest BCUT2D eigenvalue weighted by Crippen LogP contribution is -1.99. The molecular formula is C9H6ClNO2. The molecule has 13 heavy (non-hydrogen) atoms. The highest BCUT2D eigenvalue weighted by Crippen LogP contribution is 2.14. The van der Waals surface area contributed by atoms with Gasteiger partial charge in [-0.15, -0.1) is 11.6 Å². The molecule has 0 spiro atoms. The number of halogens is 1. The van der Waals surface area contributed by atoms with Crippen molar-refractivity contribution in [3.8, 4) is 0 Å². The Hall–Kier alpha value is -1.35. The number of hydrogen-bond donors (Lipinski definition) is 0. The fourth-order valence-electron chi connectivity index (χ4n) is 1.05. The summed E-state index contributed by atoms with van der Waals surface area (Å²) in [7, 11) is 0. The van der Waals surface area contributed by atoms with Gasteiger partial charge in [0.05, 0.1) is 5.88 Å². The van der Waals surface area contributed by atoms with Crippen LogP contribution in [0.4, 0.5) is 0 Å². The van der Waals surface area contributed by atoms with E-state index in [0.29, 0.717) is 11.1 Å². The number of Topliss-reactive ketones (excluding diaryl/α,β-unsaturated/α-hetero) is 1. The lowest BCUT2D eigenvalue weighted by atomic mass is 10.3. The van der Waals surface area contributed by atoms with E-state index in [1.165, 1.54) is 0 Å². The van der Waals surface area contributed by atoms with Gasteiger partial charge in [0.1, 0.15) is 5.52 Å². The van der Waals surface area contributed by atoms with E-state index in [1.54, 1.807) is 12.1 Å². The second kappa shape index (κ2) is 3.18. The molecule has 0 radical (unpaired) electrons. The third-order valence-corrected chi connectivity index (χ3v) is 1.90. The van der Waals surface area contributed by atoms with Gasteiger partial charge in [0, 0.05) is 0 Å². The molecule has 2 aromatic rings. The minimum absolute atomic E-state index is 0.0798. The van der Waals surface area contributed by atoms with E-state index in [-0.39, 0.29) is 17.6 Å². The van der Waals surface area contributed by atoms with Crippen molar-refractivity contribution < 1.29 is 9.21 Å². The average molecular weight is 196 g/mol. The van der Waals surface area contributed by atoms with Crippen LogP contribution in [0.5, 0.6) is 0 Å². The van der Waals surface area contributed by atoms with Crippen molar-refractivity contribution >= 4 is 28.5 Å². The molecule has 0 bridgehead atoms. The van der Waals surface area contributed by atoms with E-state index in [1.807, 2.05) is 12.1 Å². The van der Waals surface area contributed by atoms with Crippen LogP contribution < -0.4 is 0 Å². The number of hydrogen-bond acceptors (Lipinski definition) is 3. The quantitative estimate of drug-likeness (QED) is 0.545.